The summed E-state index contributed by atoms with van der Waals surface area (Å²) in [5.41, 5.74) is -0.322. The Kier molecular flexibility index (Phi) is 4.91. The normalized spacial score (nSPS) is 18.2. The molecule has 21 heavy (non-hydrogen) atoms. The summed E-state index contributed by atoms with van der Waals surface area (Å²) in [6.07, 6.45) is 3.34. The van der Waals surface area contributed by atoms with Crippen LogP contribution in [0, 0.1) is 0 Å². The largest absolute Gasteiger partial charge is 0.388 e. The van der Waals surface area contributed by atoms with E-state index in [-0.39, 0.29) is 10.9 Å². The van der Waals surface area contributed by atoms with Gasteiger partial charge in [-0.3, -0.25) is 0 Å². The fourth-order valence-corrected chi connectivity index (χ4v) is 3.73. The summed E-state index contributed by atoms with van der Waals surface area (Å²) < 4.78 is 27.4. The molecule has 118 valence electrons. The first-order chi connectivity index (χ1) is 9.84. The van der Waals surface area contributed by atoms with Crippen LogP contribution in [0.25, 0.3) is 0 Å². The molecule has 6 heteroatoms. The van der Waals surface area contributed by atoms with Gasteiger partial charge in [0.1, 0.15) is 4.90 Å². The van der Waals surface area contributed by atoms with E-state index in [4.69, 9.17) is 0 Å². The van der Waals surface area contributed by atoms with Crippen LogP contribution in [0.1, 0.15) is 39.5 Å². The van der Waals surface area contributed by atoms with E-state index >= 15 is 0 Å². The van der Waals surface area contributed by atoms with Gasteiger partial charge in [0.15, 0.2) is 0 Å². The Labute approximate surface area is 126 Å². The van der Waals surface area contributed by atoms with Crippen LogP contribution in [0.4, 0.5) is 5.69 Å². The summed E-state index contributed by atoms with van der Waals surface area (Å²) in [6, 6.07) is 6.88. The number of hydrogen-bond acceptors (Lipinski definition) is 4. The molecule has 0 bridgehead atoms. The van der Waals surface area contributed by atoms with Crippen LogP contribution in [-0.2, 0) is 10.0 Å². The molecule has 2 rings (SSSR count). The standard InChI is InChI=1S/C15H24N2O3S/c1-3-10-15(2,18)11-16-13-6-4-5-7-14(13)21(19,20)17-12-8-9-12/h4-7,12,16-18H,3,8-11H2,1-2H3. The van der Waals surface area contributed by atoms with Gasteiger partial charge in [-0.25, -0.2) is 13.1 Å². The first-order valence-corrected chi connectivity index (χ1v) is 8.90. The SMILES string of the molecule is CCCC(C)(O)CNc1ccccc1S(=O)(=O)NC1CC1. The van der Waals surface area contributed by atoms with Crippen molar-refractivity contribution in [2.75, 3.05) is 11.9 Å². The van der Waals surface area contributed by atoms with E-state index < -0.39 is 15.6 Å². The number of rotatable bonds is 8. The molecular formula is C15H24N2O3S. The van der Waals surface area contributed by atoms with E-state index in [9.17, 15) is 13.5 Å². The van der Waals surface area contributed by atoms with Gasteiger partial charge in [0, 0.05) is 12.6 Å². The Morgan fingerprint density at radius 2 is 2.00 bits per heavy atom. The number of aliphatic hydroxyl groups is 1. The highest BCUT2D eigenvalue weighted by atomic mass is 32.2. The van der Waals surface area contributed by atoms with Crippen molar-refractivity contribution in [3.63, 3.8) is 0 Å². The number of para-hydroxylation sites is 1. The van der Waals surface area contributed by atoms with Crippen molar-refractivity contribution < 1.29 is 13.5 Å². The van der Waals surface area contributed by atoms with Gasteiger partial charge in [-0.05, 0) is 38.3 Å². The van der Waals surface area contributed by atoms with Crippen LogP contribution in [-0.4, -0.2) is 31.7 Å². The zero-order chi connectivity index (χ0) is 15.5. The Balaban J connectivity index is 2.13. The van der Waals surface area contributed by atoms with Crippen LogP contribution in [0.15, 0.2) is 29.2 Å². The lowest BCUT2D eigenvalue weighted by Gasteiger charge is -2.24. The lowest BCUT2D eigenvalue weighted by Crippen LogP contribution is -2.34. The van der Waals surface area contributed by atoms with Gasteiger partial charge < -0.3 is 10.4 Å². The smallest absolute Gasteiger partial charge is 0.242 e. The molecule has 0 spiro atoms. The van der Waals surface area contributed by atoms with E-state index in [1.54, 1.807) is 31.2 Å². The fourth-order valence-electron chi connectivity index (χ4n) is 2.24. The molecule has 1 fully saturated rings. The summed E-state index contributed by atoms with van der Waals surface area (Å²) >= 11 is 0. The predicted molar refractivity (Wildman–Crippen MR) is 83.8 cm³/mol. The summed E-state index contributed by atoms with van der Waals surface area (Å²) in [7, 11) is -3.50. The van der Waals surface area contributed by atoms with Crippen molar-refractivity contribution in [2.24, 2.45) is 0 Å². The molecule has 0 amide bonds. The average Bonchev–Trinajstić information content (AvgIpc) is 3.20. The summed E-state index contributed by atoms with van der Waals surface area (Å²) in [5.74, 6) is 0. The second-order valence-electron chi connectivity index (χ2n) is 5.99. The number of benzene rings is 1. The molecule has 1 saturated carbocycles. The third-order valence-corrected chi connectivity index (χ3v) is 5.10. The summed E-state index contributed by atoms with van der Waals surface area (Å²) in [5, 5.41) is 13.3. The highest BCUT2D eigenvalue weighted by molar-refractivity contribution is 7.89. The maximum Gasteiger partial charge on any atom is 0.242 e. The molecule has 1 aromatic carbocycles. The van der Waals surface area contributed by atoms with E-state index in [1.165, 1.54) is 0 Å². The minimum atomic E-state index is -3.50. The second kappa shape index (κ2) is 6.34. The Bertz CT molecular complexity index is 580. The molecule has 0 aliphatic heterocycles. The maximum absolute atomic E-state index is 12.3. The third-order valence-electron chi connectivity index (χ3n) is 3.52. The van der Waals surface area contributed by atoms with Crippen LogP contribution >= 0.6 is 0 Å². The van der Waals surface area contributed by atoms with Gasteiger partial charge in [0.05, 0.1) is 11.3 Å². The van der Waals surface area contributed by atoms with Crippen molar-refractivity contribution in [3.8, 4) is 0 Å². The molecule has 0 radical (unpaired) electrons. The number of anilines is 1. The Morgan fingerprint density at radius 1 is 1.33 bits per heavy atom. The van der Waals surface area contributed by atoms with E-state index in [0.717, 1.165) is 19.3 Å². The molecule has 1 aliphatic rings. The van der Waals surface area contributed by atoms with Gasteiger partial charge in [0.25, 0.3) is 0 Å². The van der Waals surface area contributed by atoms with Crippen LogP contribution in [0.5, 0.6) is 0 Å². The molecular weight excluding hydrogens is 288 g/mol. The van der Waals surface area contributed by atoms with Gasteiger partial charge >= 0.3 is 0 Å². The first-order valence-electron chi connectivity index (χ1n) is 7.42. The van der Waals surface area contributed by atoms with Gasteiger partial charge in [-0.15, -0.1) is 0 Å². The molecule has 0 saturated heterocycles. The molecule has 1 aromatic rings. The van der Waals surface area contributed by atoms with Crippen LogP contribution in [0.2, 0.25) is 0 Å². The number of nitrogens with one attached hydrogen (secondary N) is 2. The Morgan fingerprint density at radius 3 is 2.62 bits per heavy atom. The molecule has 1 atom stereocenters. The predicted octanol–water partition coefficient (Wildman–Crippen LogP) is 2.09. The number of hydrogen-bond donors (Lipinski definition) is 3. The van der Waals surface area contributed by atoms with Gasteiger partial charge in [0.2, 0.25) is 10.0 Å². The third kappa shape index (κ3) is 4.69. The van der Waals surface area contributed by atoms with Crippen LogP contribution < -0.4 is 10.0 Å². The van der Waals surface area contributed by atoms with E-state index in [0.29, 0.717) is 18.7 Å². The van der Waals surface area contributed by atoms with Gasteiger partial charge in [-0.1, -0.05) is 25.5 Å². The first kappa shape index (κ1) is 16.3. The van der Waals surface area contributed by atoms with E-state index in [2.05, 4.69) is 10.0 Å². The summed E-state index contributed by atoms with van der Waals surface area (Å²) in [6.45, 7) is 4.08. The number of sulfonamides is 1. The Hall–Kier alpha value is -1.11. The van der Waals surface area contributed by atoms with Crippen LogP contribution in [0.3, 0.4) is 0 Å². The van der Waals surface area contributed by atoms with Crippen molar-refractivity contribution in [1.29, 1.82) is 0 Å². The average molecular weight is 312 g/mol. The molecule has 5 nitrogen and oxygen atoms in total. The molecule has 0 aromatic heterocycles. The minimum absolute atomic E-state index is 0.0752. The fraction of sp³-hybridized carbons (Fsp3) is 0.600. The zero-order valence-corrected chi connectivity index (χ0v) is 13.4. The van der Waals surface area contributed by atoms with Gasteiger partial charge in [-0.2, -0.15) is 0 Å². The molecule has 1 aliphatic carbocycles. The monoisotopic (exact) mass is 312 g/mol. The van der Waals surface area contributed by atoms with Crippen molar-refractivity contribution in [2.45, 2.75) is 56.1 Å². The lowest BCUT2D eigenvalue weighted by molar-refractivity contribution is 0.0636. The molecule has 1 unspecified atom stereocenters. The lowest BCUT2D eigenvalue weighted by atomic mass is 10.0. The summed E-state index contributed by atoms with van der Waals surface area (Å²) in [4.78, 5) is 0.240. The zero-order valence-electron chi connectivity index (χ0n) is 12.6. The highest BCUT2D eigenvalue weighted by Gasteiger charge is 2.29. The quantitative estimate of drug-likeness (QED) is 0.687. The van der Waals surface area contributed by atoms with Crippen molar-refractivity contribution in [1.82, 2.24) is 4.72 Å². The topological polar surface area (TPSA) is 78.4 Å². The maximum atomic E-state index is 12.3. The highest BCUT2D eigenvalue weighted by Crippen LogP contribution is 2.26. The van der Waals surface area contributed by atoms with Crippen molar-refractivity contribution >= 4 is 15.7 Å². The minimum Gasteiger partial charge on any atom is -0.388 e. The second-order valence-corrected chi connectivity index (χ2v) is 7.67. The van der Waals surface area contributed by atoms with Crippen molar-refractivity contribution in [3.05, 3.63) is 24.3 Å². The molecule has 0 heterocycles. The molecule has 3 N–H and O–H groups in total. The van der Waals surface area contributed by atoms with E-state index in [1.807, 2.05) is 6.92 Å².